The molecule has 0 aliphatic heterocycles. The van der Waals surface area contributed by atoms with Crippen LogP contribution in [0.3, 0.4) is 0 Å². The standard InChI is InChI=1S/C52H33NS.2C40H25NS/c1-2-16-36(17-3-1)49-43-23-10-8-21-41(43)42-22-9-11-24-44(42)50(49)37-28-31-38(32-29-37)53(47-26-12-18-34-14-4-6-19-39(34)47)48-27-13-25-45-46-33-30-35-15-5-7-20-40(35)51(46)54-52(45)48;1-5-16-30-26(11-1)14-9-21-36(30)41(38-25-28-13-3-4-15-29(28)32-18-7-8-19-33(32)38)37-22-10-20-34-35-24-23-27-12-2-6-17-31(27)39(35)42-40(34)37;1-4-13-31-27(10-1)19-20-29-25-30(22-24-32(29)31)41(37-17-7-12-26-9-2-5-14-33(26)37)38-18-8-16-35-36-23-21-28-11-3-6-15-34(28)39(36)42-40(35)38/h1-33H;2*1-25H. The van der Waals surface area contributed by atoms with Crippen LogP contribution in [0, 0.1) is 0 Å². The topological polar surface area (TPSA) is 9.72 Å². The van der Waals surface area contributed by atoms with Gasteiger partial charge in [-0.2, -0.15) is 0 Å². The summed E-state index contributed by atoms with van der Waals surface area (Å²) in [6.45, 7) is 0. The van der Waals surface area contributed by atoms with E-state index in [4.69, 9.17) is 0 Å². The Labute approximate surface area is 808 Å². The van der Waals surface area contributed by atoms with E-state index < -0.39 is 0 Å². The van der Waals surface area contributed by atoms with Crippen LogP contribution in [0.2, 0.25) is 0 Å². The number of thiophene rings is 3. The van der Waals surface area contributed by atoms with Gasteiger partial charge in [0.2, 0.25) is 0 Å². The molecule has 0 amide bonds. The zero-order chi connectivity index (χ0) is 90.8. The van der Waals surface area contributed by atoms with Gasteiger partial charge in [0.1, 0.15) is 0 Å². The molecule has 138 heavy (non-hydrogen) atoms. The smallest absolute Gasteiger partial charge is 0.0640 e. The second-order valence-electron chi connectivity index (χ2n) is 35.9. The van der Waals surface area contributed by atoms with Crippen molar-refractivity contribution in [3.63, 3.8) is 0 Å². The van der Waals surface area contributed by atoms with Gasteiger partial charge in [0, 0.05) is 79.3 Å². The zero-order valence-electron chi connectivity index (χ0n) is 75.0. The van der Waals surface area contributed by atoms with Crippen molar-refractivity contribution in [1.29, 1.82) is 0 Å². The molecule has 3 heterocycles. The average Bonchev–Trinajstić information content (AvgIpc) is 1.70. The second kappa shape index (κ2) is 33.5. The van der Waals surface area contributed by atoms with Crippen LogP contribution in [-0.4, -0.2) is 0 Å². The van der Waals surface area contributed by atoms with Gasteiger partial charge in [0.25, 0.3) is 0 Å². The minimum Gasteiger partial charge on any atom is -0.308 e. The van der Waals surface area contributed by atoms with E-state index in [-0.39, 0.29) is 0 Å². The molecular formula is C132H83N3S3. The summed E-state index contributed by atoms with van der Waals surface area (Å²) in [5.74, 6) is 0. The summed E-state index contributed by atoms with van der Waals surface area (Å²) >= 11 is 5.71. The van der Waals surface area contributed by atoms with Gasteiger partial charge in [-0.25, -0.2) is 0 Å². The van der Waals surface area contributed by atoms with Crippen LogP contribution < -0.4 is 14.7 Å². The van der Waals surface area contributed by atoms with Crippen molar-refractivity contribution in [2.24, 2.45) is 0 Å². The molecule has 0 radical (unpaired) electrons. The quantitative estimate of drug-likeness (QED) is 0.120. The fourth-order valence-corrected chi connectivity index (χ4v) is 26.0. The Morgan fingerprint density at radius 2 is 0.362 bits per heavy atom. The van der Waals surface area contributed by atoms with E-state index in [2.05, 4.69) is 518 Å². The zero-order valence-corrected chi connectivity index (χ0v) is 77.4. The summed E-state index contributed by atoms with van der Waals surface area (Å²) < 4.78 is 7.91. The highest BCUT2D eigenvalue weighted by atomic mass is 32.1. The van der Waals surface area contributed by atoms with Crippen LogP contribution in [0.4, 0.5) is 51.2 Å². The van der Waals surface area contributed by atoms with Crippen molar-refractivity contribution in [2.75, 3.05) is 14.7 Å². The van der Waals surface area contributed by atoms with Crippen LogP contribution in [0.15, 0.2) is 504 Å². The van der Waals surface area contributed by atoms with Crippen LogP contribution in [-0.2, 0) is 0 Å². The number of nitrogens with zero attached hydrogens (tertiary/aromatic N) is 3. The lowest BCUT2D eigenvalue weighted by atomic mass is 9.85. The number of benzene rings is 26. The summed E-state index contributed by atoms with van der Waals surface area (Å²) in [5.41, 5.74) is 15.5. The molecule has 3 aromatic heterocycles. The summed E-state index contributed by atoms with van der Waals surface area (Å²) in [6, 6.07) is 184. The number of hydrogen-bond acceptors (Lipinski definition) is 6. The first-order chi connectivity index (χ1) is 68.5. The lowest BCUT2D eigenvalue weighted by Crippen LogP contribution is -2.11. The average molecular weight is 1810 g/mol. The van der Waals surface area contributed by atoms with E-state index in [1.54, 1.807) is 0 Å². The Bertz CT molecular complexity index is 9970. The molecule has 0 saturated heterocycles. The minimum absolute atomic E-state index is 1.12. The highest BCUT2D eigenvalue weighted by Gasteiger charge is 2.28. The molecule has 0 saturated carbocycles. The van der Waals surface area contributed by atoms with Crippen molar-refractivity contribution in [2.45, 2.75) is 0 Å². The van der Waals surface area contributed by atoms with E-state index >= 15 is 0 Å². The van der Waals surface area contributed by atoms with Gasteiger partial charge in [0.15, 0.2) is 0 Å². The van der Waals surface area contributed by atoms with Crippen LogP contribution in [0.25, 0.3) is 212 Å². The molecule has 3 nitrogen and oxygen atoms in total. The Morgan fingerprint density at radius 1 is 0.116 bits per heavy atom. The van der Waals surface area contributed by atoms with Crippen LogP contribution in [0.1, 0.15) is 0 Å². The van der Waals surface area contributed by atoms with Gasteiger partial charge in [-0.1, -0.05) is 437 Å². The molecule has 644 valence electrons. The van der Waals surface area contributed by atoms with Gasteiger partial charge in [0.05, 0.1) is 53.9 Å². The highest BCUT2D eigenvalue weighted by Crippen LogP contribution is 2.55. The molecule has 29 rings (SSSR count). The second-order valence-corrected chi connectivity index (χ2v) is 38.9. The molecule has 0 bridgehead atoms. The van der Waals surface area contributed by atoms with Gasteiger partial charge in [-0.3, -0.25) is 0 Å². The number of fused-ring (bicyclic) bond motifs is 27. The normalized spacial score (nSPS) is 11.8. The predicted octanol–water partition coefficient (Wildman–Crippen LogP) is 39.7. The van der Waals surface area contributed by atoms with E-state index in [9.17, 15) is 0 Å². The third kappa shape index (κ3) is 13.4. The van der Waals surface area contributed by atoms with E-state index in [1.807, 2.05) is 34.0 Å². The third-order valence-corrected chi connectivity index (χ3v) is 32.1. The third-order valence-electron chi connectivity index (χ3n) is 28.2. The van der Waals surface area contributed by atoms with Crippen molar-refractivity contribution in [3.8, 4) is 22.3 Å². The fourth-order valence-electron chi connectivity index (χ4n) is 22.0. The van der Waals surface area contributed by atoms with Crippen molar-refractivity contribution >= 4 is 275 Å². The molecule has 0 aliphatic rings. The van der Waals surface area contributed by atoms with Crippen molar-refractivity contribution in [1.82, 2.24) is 0 Å². The Balaban J connectivity index is 0.000000106. The van der Waals surface area contributed by atoms with Gasteiger partial charge >= 0.3 is 0 Å². The molecule has 29 aromatic rings. The predicted molar refractivity (Wildman–Crippen MR) is 603 cm³/mol. The van der Waals surface area contributed by atoms with E-state index in [0.29, 0.717) is 0 Å². The van der Waals surface area contributed by atoms with Gasteiger partial charge < -0.3 is 14.7 Å². The molecule has 26 aromatic carbocycles. The SMILES string of the molecule is c1ccc(-c2c(-c3ccc(N(c4cccc5ccccc45)c4cccc5c4sc4c6ccccc6ccc54)cc3)c3ccccc3c3ccccc23)cc1.c1ccc2c(N(c3cc4ccccc4c4ccccc34)c3cccc4c3sc3c5ccccc5ccc43)cccc2c1.c1ccc2c(N(c3ccc4c(ccc5ccccc54)c3)c3cccc4c3sc3c5ccccc5ccc43)cccc2c1. The largest absolute Gasteiger partial charge is 0.308 e. The molecule has 0 aliphatic carbocycles. The summed E-state index contributed by atoms with van der Waals surface area (Å²) in [7, 11) is 0. The molecule has 0 fully saturated rings. The maximum Gasteiger partial charge on any atom is 0.0640 e. The number of anilines is 9. The molecule has 0 unspecified atom stereocenters. The maximum atomic E-state index is 2.51. The minimum atomic E-state index is 1.12. The highest BCUT2D eigenvalue weighted by molar-refractivity contribution is 7.28. The number of hydrogen-bond donors (Lipinski definition) is 0. The first-order valence-corrected chi connectivity index (χ1v) is 49.7. The lowest BCUT2D eigenvalue weighted by Gasteiger charge is -2.29. The van der Waals surface area contributed by atoms with E-state index in [1.165, 1.54) is 246 Å². The summed E-state index contributed by atoms with van der Waals surface area (Å²) in [6.07, 6.45) is 0. The van der Waals surface area contributed by atoms with Crippen LogP contribution in [0.5, 0.6) is 0 Å². The Morgan fingerprint density at radius 3 is 0.804 bits per heavy atom. The van der Waals surface area contributed by atoms with E-state index in [0.717, 1.165) is 17.1 Å². The first-order valence-electron chi connectivity index (χ1n) is 47.2. The van der Waals surface area contributed by atoms with Gasteiger partial charge in [-0.15, -0.1) is 34.0 Å². The molecule has 6 heteroatoms. The lowest BCUT2D eigenvalue weighted by molar-refractivity contribution is 1.32. The molecule has 0 N–H and O–H groups in total. The summed E-state index contributed by atoms with van der Waals surface area (Å²) in [4.78, 5) is 7.45. The van der Waals surface area contributed by atoms with Crippen molar-refractivity contribution < 1.29 is 0 Å². The fraction of sp³-hybridized carbons (Fsp3) is 0. The monoisotopic (exact) mass is 1810 g/mol. The Kier molecular flexibility index (Phi) is 19.6. The summed E-state index contributed by atoms with van der Waals surface area (Å²) in [5, 5.41) is 38.2. The molecule has 0 atom stereocenters. The molecule has 0 spiro atoms. The maximum absolute atomic E-state index is 2.51. The Hall–Kier alpha value is -17.1. The van der Waals surface area contributed by atoms with Gasteiger partial charge in [-0.05, 0) is 197 Å². The first kappa shape index (κ1) is 80.5. The number of rotatable bonds is 11. The molecular weight excluding hydrogens is 1720 g/mol. The van der Waals surface area contributed by atoms with Crippen molar-refractivity contribution in [3.05, 3.63) is 504 Å². The van der Waals surface area contributed by atoms with Crippen LogP contribution >= 0.6 is 34.0 Å².